The van der Waals surface area contributed by atoms with Crippen LogP contribution in [-0.4, -0.2) is 9.97 Å². The van der Waals surface area contributed by atoms with Gasteiger partial charge in [0.1, 0.15) is 0 Å². The Morgan fingerprint density at radius 3 is 2.08 bits per heavy atom. The van der Waals surface area contributed by atoms with Crippen molar-refractivity contribution in [2.45, 2.75) is 13.8 Å². The molecule has 4 rings (SSSR count). The Hall–Kier alpha value is -1.65. The van der Waals surface area contributed by atoms with Gasteiger partial charge in [-0.2, -0.15) is 0 Å². The van der Waals surface area contributed by atoms with Crippen LogP contribution in [0.15, 0.2) is 60.8 Å². The third kappa shape index (κ3) is 4.13. The number of aromatic nitrogens is 2. The fourth-order valence-corrected chi connectivity index (χ4v) is 3.01. The summed E-state index contributed by atoms with van der Waals surface area (Å²) in [7, 11) is 9.47. The van der Waals surface area contributed by atoms with Crippen molar-refractivity contribution in [3.63, 3.8) is 0 Å². The van der Waals surface area contributed by atoms with E-state index in [4.69, 9.17) is 25.3 Å². The first-order valence-electron chi connectivity index (χ1n) is 7.69. The molecule has 2 aromatic heterocycles. The number of benzene rings is 2. The van der Waals surface area contributed by atoms with Crippen LogP contribution in [0, 0.1) is 13.8 Å². The normalized spacial score (nSPS) is 10.7. The standard InChI is InChI=1S/C20H16N2.2ClH.Co/c1-13-10-14(2)12-17(11-13)18-8-7-16-6-5-15-4-3-9-21-19(15)20(16)22-18;;;/h3-12H,1-2H3;2*1H;/q;;;+2/p-2. The monoisotopic (exact) mass is 413 g/mol. The van der Waals surface area contributed by atoms with Crippen molar-refractivity contribution in [2.75, 3.05) is 0 Å². The van der Waals surface area contributed by atoms with E-state index in [1.165, 1.54) is 11.1 Å². The molecule has 0 aliphatic carbocycles. The summed E-state index contributed by atoms with van der Waals surface area (Å²) in [6.07, 6.45) is 1.83. The van der Waals surface area contributed by atoms with Crippen molar-refractivity contribution in [3.8, 4) is 11.3 Å². The minimum absolute atomic E-state index is 0.382. The number of aryl methyl sites for hydroxylation is 2. The van der Waals surface area contributed by atoms with Crippen molar-refractivity contribution in [3.05, 3.63) is 71.9 Å². The summed E-state index contributed by atoms with van der Waals surface area (Å²) in [6.45, 7) is 4.24. The maximum absolute atomic E-state index is 4.89. The van der Waals surface area contributed by atoms with Crippen LogP contribution in [0.1, 0.15) is 11.1 Å². The molecular weight excluding hydrogens is 398 g/mol. The molecule has 5 heteroatoms. The van der Waals surface area contributed by atoms with Gasteiger partial charge in [-0.15, -0.1) is 0 Å². The summed E-state index contributed by atoms with van der Waals surface area (Å²) in [5.74, 6) is 0. The molecule has 0 fully saturated rings. The fraction of sp³-hybridized carbons (Fsp3) is 0.100. The molecule has 4 aromatic rings. The number of pyridine rings is 2. The van der Waals surface area contributed by atoms with E-state index in [1.807, 2.05) is 12.3 Å². The van der Waals surface area contributed by atoms with Crippen LogP contribution in [0.2, 0.25) is 0 Å². The Morgan fingerprint density at radius 1 is 0.800 bits per heavy atom. The van der Waals surface area contributed by atoms with E-state index in [2.05, 4.69) is 67.4 Å². The Morgan fingerprint density at radius 2 is 1.40 bits per heavy atom. The van der Waals surface area contributed by atoms with Crippen LogP contribution in [0.25, 0.3) is 33.1 Å². The van der Waals surface area contributed by atoms with Crippen molar-refractivity contribution in [1.29, 1.82) is 0 Å². The van der Waals surface area contributed by atoms with Gasteiger partial charge in [0, 0.05) is 22.5 Å². The summed E-state index contributed by atoms with van der Waals surface area (Å²) in [4.78, 5) is 9.41. The van der Waals surface area contributed by atoms with Crippen molar-refractivity contribution in [2.24, 2.45) is 0 Å². The second-order valence-electron chi connectivity index (χ2n) is 5.83. The summed E-state index contributed by atoms with van der Waals surface area (Å²) in [5.41, 5.74) is 6.60. The van der Waals surface area contributed by atoms with Gasteiger partial charge in [0.15, 0.2) is 0 Å². The zero-order valence-electron chi connectivity index (χ0n) is 13.8. The molecule has 2 nitrogen and oxygen atoms in total. The van der Waals surface area contributed by atoms with Crippen LogP contribution in [0.4, 0.5) is 0 Å². The molecule has 0 bridgehead atoms. The Bertz CT molecular complexity index is 1010. The van der Waals surface area contributed by atoms with Crippen molar-refractivity contribution < 1.29 is 12.9 Å². The first-order valence-corrected chi connectivity index (χ1v) is 10.6. The van der Waals surface area contributed by atoms with Crippen LogP contribution < -0.4 is 0 Å². The maximum atomic E-state index is 4.89. The predicted molar refractivity (Wildman–Crippen MR) is 104 cm³/mol. The van der Waals surface area contributed by atoms with E-state index >= 15 is 0 Å². The summed E-state index contributed by atoms with van der Waals surface area (Å²) >= 11 is 0.382. The van der Waals surface area contributed by atoms with E-state index in [1.54, 1.807) is 0 Å². The molecule has 2 aromatic carbocycles. The van der Waals surface area contributed by atoms with Gasteiger partial charge in [-0.25, -0.2) is 4.98 Å². The van der Waals surface area contributed by atoms with E-state index in [0.29, 0.717) is 12.9 Å². The van der Waals surface area contributed by atoms with E-state index in [-0.39, 0.29) is 0 Å². The van der Waals surface area contributed by atoms with Crippen LogP contribution in [-0.2, 0) is 12.9 Å². The zero-order valence-corrected chi connectivity index (χ0v) is 16.3. The quantitative estimate of drug-likeness (QED) is 0.335. The third-order valence-electron chi connectivity index (χ3n) is 3.95. The molecule has 0 N–H and O–H groups in total. The van der Waals surface area contributed by atoms with Gasteiger partial charge < -0.3 is 0 Å². The number of fused-ring (bicyclic) bond motifs is 3. The molecule has 0 amide bonds. The van der Waals surface area contributed by atoms with Gasteiger partial charge in [-0.1, -0.05) is 41.5 Å². The van der Waals surface area contributed by atoms with Gasteiger partial charge in [-0.05, 0) is 38.1 Å². The minimum atomic E-state index is 0.382. The summed E-state index contributed by atoms with van der Waals surface area (Å²) < 4.78 is 0. The number of hydrogen-bond donors (Lipinski definition) is 0. The Balaban J connectivity index is 0.000000569. The number of nitrogens with zero attached hydrogens (tertiary/aromatic N) is 2. The molecular formula is C20H16Cl2CoN2. The molecule has 0 spiro atoms. The Kier molecular flexibility index (Phi) is 5.92. The molecule has 0 aliphatic rings. The second-order valence-corrected chi connectivity index (χ2v) is 7.55. The summed E-state index contributed by atoms with van der Waals surface area (Å²) in [6, 6.07) is 19.0. The summed E-state index contributed by atoms with van der Waals surface area (Å²) in [5, 5.41) is 2.25. The molecule has 25 heavy (non-hydrogen) atoms. The SMILES string of the molecule is Cc1cc(C)cc(-c2ccc3ccc4cccnc4c3n2)c1.[Cl][Co][Cl]. The van der Waals surface area contributed by atoms with E-state index < -0.39 is 0 Å². The van der Waals surface area contributed by atoms with E-state index in [0.717, 1.165) is 33.1 Å². The first kappa shape index (κ1) is 18.1. The molecule has 0 radical (unpaired) electrons. The van der Waals surface area contributed by atoms with Crippen LogP contribution >= 0.6 is 20.3 Å². The fourth-order valence-electron chi connectivity index (χ4n) is 3.01. The number of hydrogen-bond acceptors (Lipinski definition) is 2. The molecule has 0 aliphatic heterocycles. The van der Waals surface area contributed by atoms with Crippen LogP contribution in [0.3, 0.4) is 0 Å². The zero-order chi connectivity index (χ0) is 17.8. The van der Waals surface area contributed by atoms with E-state index in [9.17, 15) is 0 Å². The number of halogens is 2. The first-order chi connectivity index (χ1) is 12.1. The average Bonchev–Trinajstić information content (AvgIpc) is 2.61. The van der Waals surface area contributed by atoms with Crippen molar-refractivity contribution in [1.82, 2.24) is 9.97 Å². The third-order valence-corrected chi connectivity index (χ3v) is 3.95. The van der Waals surface area contributed by atoms with Crippen LogP contribution in [0.5, 0.6) is 0 Å². The van der Waals surface area contributed by atoms with Gasteiger partial charge in [0.05, 0.1) is 16.7 Å². The van der Waals surface area contributed by atoms with Crippen molar-refractivity contribution >= 4 is 42.1 Å². The second kappa shape index (κ2) is 8.15. The molecule has 0 saturated carbocycles. The molecule has 0 atom stereocenters. The average molecular weight is 414 g/mol. The molecule has 129 valence electrons. The molecule has 2 heterocycles. The topological polar surface area (TPSA) is 25.8 Å². The molecule has 0 saturated heterocycles. The van der Waals surface area contributed by atoms with Gasteiger partial charge in [0.25, 0.3) is 0 Å². The number of rotatable bonds is 1. The van der Waals surface area contributed by atoms with Gasteiger partial charge in [0.2, 0.25) is 0 Å². The van der Waals surface area contributed by atoms with Gasteiger partial charge >= 0.3 is 33.2 Å². The van der Waals surface area contributed by atoms with Gasteiger partial charge in [-0.3, -0.25) is 4.98 Å². The molecule has 0 unspecified atom stereocenters. The predicted octanol–water partition coefficient (Wildman–Crippen LogP) is 6.44. The Labute approximate surface area is 161 Å².